The predicted molar refractivity (Wildman–Crippen MR) is 124 cm³/mol. The van der Waals surface area contributed by atoms with Gasteiger partial charge < -0.3 is 15.0 Å². The van der Waals surface area contributed by atoms with Gasteiger partial charge in [-0.1, -0.05) is 31.4 Å². The molecule has 0 amide bonds. The third-order valence-electron chi connectivity index (χ3n) is 7.34. The van der Waals surface area contributed by atoms with E-state index in [1.165, 1.54) is 32.1 Å². The molecular formula is C26H28N6O. The summed E-state index contributed by atoms with van der Waals surface area (Å²) in [5, 5.41) is 14.9. The van der Waals surface area contributed by atoms with Crippen LogP contribution in [0.3, 0.4) is 0 Å². The summed E-state index contributed by atoms with van der Waals surface area (Å²) in [5.74, 6) is 2.65. The fraction of sp³-hybridized carbons (Fsp3) is 0.423. The first-order valence-corrected chi connectivity index (χ1v) is 11.9. The second-order valence-electron chi connectivity index (χ2n) is 9.51. The number of nitrogens with two attached hydrogens (primary N) is 1. The van der Waals surface area contributed by atoms with Gasteiger partial charge in [-0.2, -0.15) is 10.4 Å². The number of nitrogens with zero attached hydrogens (tertiary/aromatic N) is 5. The highest BCUT2D eigenvalue weighted by atomic mass is 16.5. The molecule has 0 spiro atoms. The maximum absolute atomic E-state index is 10.0. The molecule has 2 fully saturated rings. The number of hydrogen-bond donors (Lipinski definition) is 1. The van der Waals surface area contributed by atoms with E-state index in [1.54, 1.807) is 4.68 Å². The molecule has 3 heterocycles. The number of ether oxygens (including phenoxy) is 1. The van der Waals surface area contributed by atoms with E-state index in [4.69, 9.17) is 15.6 Å². The average molecular weight is 441 g/mol. The molecule has 1 atom stereocenters. The molecule has 7 nitrogen and oxygen atoms in total. The zero-order valence-electron chi connectivity index (χ0n) is 18.9. The highest BCUT2D eigenvalue weighted by molar-refractivity contribution is 5.57. The van der Waals surface area contributed by atoms with E-state index in [1.807, 2.05) is 19.4 Å². The normalized spacial score (nSPS) is 20.9. The standard InChI is InChI=1S/C26H28N6O/c1-31-26-22(23(30-31)17-5-3-2-4-6-17)21(20(15-27)24(28)33-26)16-9-11-19(12-10-16)32-14-13-29-25(32)18-7-8-18/h9-14,17-18,21H,2-8,28H2,1H3. The molecule has 0 bridgehead atoms. The van der Waals surface area contributed by atoms with Gasteiger partial charge in [-0.25, -0.2) is 9.67 Å². The monoisotopic (exact) mass is 440 g/mol. The van der Waals surface area contributed by atoms with Gasteiger partial charge in [0.25, 0.3) is 0 Å². The van der Waals surface area contributed by atoms with Gasteiger partial charge in [0.1, 0.15) is 17.5 Å². The quantitative estimate of drug-likeness (QED) is 0.632. The van der Waals surface area contributed by atoms with Crippen LogP contribution in [0.4, 0.5) is 0 Å². The van der Waals surface area contributed by atoms with Crippen LogP contribution < -0.4 is 10.5 Å². The molecule has 0 saturated heterocycles. The Bertz CT molecular complexity index is 1270. The minimum Gasteiger partial charge on any atom is -0.422 e. The SMILES string of the molecule is Cn1nc(C2CCCCC2)c2c1OC(N)=C(C#N)C2c1ccc(-n2ccnc2C2CC2)cc1. The Kier molecular flexibility index (Phi) is 4.75. The Balaban J connectivity index is 1.44. The summed E-state index contributed by atoms with van der Waals surface area (Å²) in [5.41, 5.74) is 10.9. The maximum atomic E-state index is 10.0. The summed E-state index contributed by atoms with van der Waals surface area (Å²) in [6, 6.07) is 10.8. The van der Waals surface area contributed by atoms with Crippen molar-refractivity contribution in [2.75, 3.05) is 0 Å². The molecule has 3 aliphatic rings. The maximum Gasteiger partial charge on any atom is 0.224 e. The topological polar surface area (TPSA) is 94.7 Å². The van der Waals surface area contributed by atoms with Crippen LogP contribution in [-0.2, 0) is 7.05 Å². The zero-order chi connectivity index (χ0) is 22.5. The van der Waals surface area contributed by atoms with Crippen molar-refractivity contribution in [3.8, 4) is 17.6 Å². The van der Waals surface area contributed by atoms with Crippen molar-refractivity contribution in [2.24, 2.45) is 12.8 Å². The molecular weight excluding hydrogens is 412 g/mol. The molecule has 1 aliphatic heterocycles. The third kappa shape index (κ3) is 3.32. The number of aromatic nitrogens is 4. The number of aryl methyl sites for hydroxylation is 1. The van der Waals surface area contributed by atoms with Crippen LogP contribution in [-0.4, -0.2) is 19.3 Å². The highest BCUT2D eigenvalue weighted by Crippen LogP contribution is 2.48. The van der Waals surface area contributed by atoms with E-state index in [0.29, 0.717) is 23.3 Å². The Labute approximate surface area is 193 Å². The Hall–Kier alpha value is -3.53. The van der Waals surface area contributed by atoms with Crippen molar-refractivity contribution in [1.82, 2.24) is 19.3 Å². The van der Waals surface area contributed by atoms with Crippen molar-refractivity contribution in [2.45, 2.75) is 62.7 Å². The summed E-state index contributed by atoms with van der Waals surface area (Å²) in [4.78, 5) is 4.57. The molecule has 33 heavy (non-hydrogen) atoms. The summed E-state index contributed by atoms with van der Waals surface area (Å²) < 4.78 is 9.90. The number of allylic oxidation sites excluding steroid dienone is 1. The minimum atomic E-state index is -0.274. The molecule has 3 aromatic rings. The largest absolute Gasteiger partial charge is 0.422 e. The lowest BCUT2D eigenvalue weighted by molar-refractivity contribution is 0.358. The van der Waals surface area contributed by atoms with Crippen LogP contribution in [0.25, 0.3) is 5.69 Å². The molecule has 2 aliphatic carbocycles. The molecule has 1 aromatic carbocycles. The number of benzene rings is 1. The number of hydrogen-bond acceptors (Lipinski definition) is 5. The Morgan fingerprint density at radius 1 is 1.06 bits per heavy atom. The number of fused-ring (bicyclic) bond motifs is 1. The molecule has 2 aromatic heterocycles. The van der Waals surface area contributed by atoms with E-state index in [2.05, 4.69) is 39.9 Å². The fourth-order valence-corrected chi connectivity index (χ4v) is 5.52. The average Bonchev–Trinajstić information content (AvgIpc) is 3.49. The lowest BCUT2D eigenvalue weighted by atomic mass is 9.78. The first-order valence-electron chi connectivity index (χ1n) is 11.9. The van der Waals surface area contributed by atoms with Crippen LogP contribution >= 0.6 is 0 Å². The van der Waals surface area contributed by atoms with Crippen LogP contribution in [0.15, 0.2) is 48.1 Å². The zero-order valence-corrected chi connectivity index (χ0v) is 18.9. The molecule has 2 N–H and O–H groups in total. The van der Waals surface area contributed by atoms with Gasteiger partial charge in [0, 0.05) is 37.0 Å². The first-order chi connectivity index (χ1) is 16.2. The van der Waals surface area contributed by atoms with Crippen LogP contribution in [0.1, 0.15) is 85.3 Å². The van der Waals surface area contributed by atoms with Crippen molar-refractivity contribution < 1.29 is 4.74 Å². The minimum absolute atomic E-state index is 0.169. The summed E-state index contributed by atoms with van der Waals surface area (Å²) in [7, 11) is 1.90. The van der Waals surface area contributed by atoms with Crippen molar-refractivity contribution >= 4 is 0 Å². The first kappa shape index (κ1) is 20.1. The van der Waals surface area contributed by atoms with E-state index >= 15 is 0 Å². The van der Waals surface area contributed by atoms with Crippen molar-refractivity contribution in [1.29, 1.82) is 5.26 Å². The number of imidazole rings is 1. The number of rotatable bonds is 4. The van der Waals surface area contributed by atoms with Crippen molar-refractivity contribution in [3.63, 3.8) is 0 Å². The predicted octanol–water partition coefficient (Wildman–Crippen LogP) is 4.75. The van der Waals surface area contributed by atoms with Gasteiger partial charge >= 0.3 is 0 Å². The highest BCUT2D eigenvalue weighted by Gasteiger charge is 2.38. The van der Waals surface area contributed by atoms with E-state index in [9.17, 15) is 5.26 Å². The second kappa shape index (κ2) is 7.80. The summed E-state index contributed by atoms with van der Waals surface area (Å²) in [6.45, 7) is 0. The molecule has 6 rings (SSSR count). The van der Waals surface area contributed by atoms with E-state index < -0.39 is 0 Å². The van der Waals surface area contributed by atoms with E-state index in [0.717, 1.165) is 41.2 Å². The van der Waals surface area contributed by atoms with E-state index in [-0.39, 0.29) is 11.8 Å². The van der Waals surface area contributed by atoms with Gasteiger partial charge in [-0.05, 0) is 43.4 Å². The Morgan fingerprint density at radius 3 is 2.52 bits per heavy atom. The molecule has 7 heteroatoms. The molecule has 168 valence electrons. The number of nitriles is 1. The van der Waals surface area contributed by atoms with Gasteiger partial charge in [0.05, 0.1) is 17.2 Å². The van der Waals surface area contributed by atoms with Gasteiger partial charge in [0.2, 0.25) is 11.8 Å². The summed E-state index contributed by atoms with van der Waals surface area (Å²) in [6.07, 6.45) is 12.3. The lowest BCUT2D eigenvalue weighted by Crippen LogP contribution is -2.22. The molecule has 1 unspecified atom stereocenters. The molecule has 2 saturated carbocycles. The fourth-order valence-electron chi connectivity index (χ4n) is 5.52. The Morgan fingerprint density at radius 2 is 1.82 bits per heavy atom. The lowest BCUT2D eigenvalue weighted by Gasteiger charge is -2.27. The smallest absolute Gasteiger partial charge is 0.224 e. The van der Waals surface area contributed by atoms with Crippen molar-refractivity contribution in [3.05, 3.63) is 70.8 Å². The van der Waals surface area contributed by atoms with Crippen LogP contribution in [0.2, 0.25) is 0 Å². The van der Waals surface area contributed by atoms with Gasteiger partial charge in [-0.15, -0.1) is 0 Å². The second-order valence-corrected chi connectivity index (χ2v) is 9.51. The van der Waals surface area contributed by atoms with Crippen LogP contribution in [0, 0.1) is 11.3 Å². The van der Waals surface area contributed by atoms with Gasteiger partial charge in [0.15, 0.2) is 0 Å². The summed E-state index contributed by atoms with van der Waals surface area (Å²) >= 11 is 0. The molecule has 0 radical (unpaired) electrons. The third-order valence-corrected chi connectivity index (χ3v) is 7.34. The van der Waals surface area contributed by atoms with Crippen LogP contribution in [0.5, 0.6) is 5.88 Å². The van der Waals surface area contributed by atoms with Gasteiger partial charge in [-0.3, -0.25) is 0 Å².